The van der Waals surface area contributed by atoms with Crippen LogP contribution in [-0.4, -0.2) is 0 Å². The van der Waals surface area contributed by atoms with Crippen molar-refractivity contribution in [3.8, 4) is 72.5 Å². The molecule has 0 radical (unpaired) electrons. The summed E-state index contributed by atoms with van der Waals surface area (Å²) >= 11 is 0. The van der Waals surface area contributed by atoms with Gasteiger partial charge in [0.25, 0.3) is 0 Å². The number of anilines is 3. The Morgan fingerprint density at radius 2 is 1.03 bits per heavy atom. The third-order valence-electron chi connectivity index (χ3n) is 17.9. The van der Waals surface area contributed by atoms with Gasteiger partial charge in [-0.3, -0.25) is 0 Å². The summed E-state index contributed by atoms with van der Waals surface area (Å²) in [6, 6.07) is 69.9. The van der Waals surface area contributed by atoms with Crippen LogP contribution in [0.2, 0.25) is 0 Å². The molecule has 0 atom stereocenters. The van der Waals surface area contributed by atoms with Gasteiger partial charge in [0.15, 0.2) is 0 Å². The first-order valence-electron chi connectivity index (χ1n) is 26.7. The molecule has 1 aliphatic heterocycles. The molecule has 3 aliphatic carbocycles. The summed E-state index contributed by atoms with van der Waals surface area (Å²) in [7, 11) is 0. The number of benzene rings is 10. The monoisotopic (exact) mass is 967 g/mol. The first-order chi connectivity index (χ1) is 36.3. The molecule has 0 spiro atoms. The molecular formula is C72H57NO2. The molecule has 3 nitrogen and oxygen atoms in total. The molecule has 0 amide bonds. The number of fused-ring (bicyclic) bond motifs is 19. The van der Waals surface area contributed by atoms with Gasteiger partial charge in [0.2, 0.25) is 0 Å². The number of nitrogens with zero attached hydrogens (tertiary/aromatic N) is 1. The number of rotatable bonds is 5. The Bertz CT molecular complexity index is 4280. The number of aryl methyl sites for hydroxylation is 2. The van der Waals surface area contributed by atoms with Crippen molar-refractivity contribution in [2.75, 3.05) is 4.90 Å². The molecule has 0 unspecified atom stereocenters. The van der Waals surface area contributed by atoms with Gasteiger partial charge >= 0.3 is 0 Å². The second-order valence-corrected chi connectivity index (χ2v) is 23.2. The fourth-order valence-electron chi connectivity index (χ4n) is 14.3. The number of hydrogen-bond donors (Lipinski definition) is 0. The maximum atomic E-state index is 6.92. The molecule has 15 rings (SSSR count). The van der Waals surface area contributed by atoms with E-state index >= 15 is 0 Å². The molecule has 10 aromatic carbocycles. The molecule has 3 heteroatoms. The molecule has 11 aromatic rings. The average Bonchev–Trinajstić information content (AvgIpc) is 4.14. The summed E-state index contributed by atoms with van der Waals surface area (Å²) in [6.07, 6.45) is 0. The normalized spacial score (nSPS) is 15.3. The van der Waals surface area contributed by atoms with Crippen molar-refractivity contribution in [1.29, 1.82) is 0 Å². The van der Waals surface area contributed by atoms with E-state index in [1.165, 1.54) is 117 Å². The molecule has 0 fully saturated rings. The highest BCUT2D eigenvalue weighted by atomic mass is 16.5. The minimum atomic E-state index is -0.327. The van der Waals surface area contributed by atoms with E-state index in [0.29, 0.717) is 6.61 Å². The summed E-state index contributed by atoms with van der Waals surface area (Å²) in [5.74, 6) is 0.962. The van der Waals surface area contributed by atoms with Crippen LogP contribution in [-0.2, 0) is 22.9 Å². The molecule has 0 saturated heterocycles. The zero-order valence-corrected chi connectivity index (χ0v) is 43.9. The number of hydrogen-bond acceptors (Lipinski definition) is 3. The Morgan fingerprint density at radius 3 is 1.79 bits per heavy atom. The predicted molar refractivity (Wildman–Crippen MR) is 311 cm³/mol. The standard InChI is InChI=1S/C72H57NO2/c1-41-26-35-59(42(2)36-41)73(47-31-33-49-57(38-47)72(7,8)67-63(49)54-40-74-60-24-16-13-21-51(60)62(54)65-48-20-12-15-23-55(48)71(5,6)68(65)67)46-32-34-50-56(37-46)70(3,4)58-39-53(45-29-27-44(28-30-45)43-18-10-9-11-19-43)69-66(64(50)58)52-22-14-17-25-61(52)75-69/h9-39H,40H2,1-8H3. The lowest BCUT2D eigenvalue weighted by molar-refractivity contribution is 0.303. The highest BCUT2D eigenvalue weighted by Crippen LogP contribution is 2.65. The Balaban J connectivity index is 0.916. The topological polar surface area (TPSA) is 25.6 Å². The first-order valence-corrected chi connectivity index (χ1v) is 26.7. The van der Waals surface area contributed by atoms with Crippen LogP contribution in [0.4, 0.5) is 17.1 Å². The van der Waals surface area contributed by atoms with Gasteiger partial charge < -0.3 is 14.1 Å². The van der Waals surface area contributed by atoms with E-state index in [9.17, 15) is 0 Å². The Labute approximate surface area is 439 Å². The van der Waals surface area contributed by atoms with E-state index in [4.69, 9.17) is 9.15 Å². The fourth-order valence-corrected chi connectivity index (χ4v) is 14.3. The lowest BCUT2D eigenvalue weighted by atomic mass is 9.70. The second kappa shape index (κ2) is 15.3. The van der Waals surface area contributed by atoms with E-state index in [1.807, 2.05) is 0 Å². The quantitative estimate of drug-likeness (QED) is 0.172. The smallest absolute Gasteiger partial charge is 0.143 e. The maximum absolute atomic E-state index is 6.92. The average molecular weight is 968 g/mol. The van der Waals surface area contributed by atoms with Gasteiger partial charge in [0, 0.05) is 66.3 Å². The molecule has 4 aliphatic rings. The third kappa shape index (κ3) is 5.98. The van der Waals surface area contributed by atoms with Crippen LogP contribution in [0, 0.1) is 13.8 Å². The minimum absolute atomic E-state index is 0.206. The number of furan rings is 1. The molecule has 1 aromatic heterocycles. The van der Waals surface area contributed by atoms with Crippen LogP contribution >= 0.6 is 0 Å². The zero-order valence-electron chi connectivity index (χ0n) is 43.9. The highest BCUT2D eigenvalue weighted by Gasteiger charge is 2.50. The second-order valence-electron chi connectivity index (χ2n) is 23.2. The molecule has 75 heavy (non-hydrogen) atoms. The van der Waals surface area contributed by atoms with Gasteiger partial charge in [0.05, 0.1) is 0 Å². The van der Waals surface area contributed by atoms with Gasteiger partial charge in [-0.15, -0.1) is 0 Å². The van der Waals surface area contributed by atoms with Crippen LogP contribution in [0.1, 0.15) is 91.6 Å². The molecule has 2 heterocycles. The molecule has 0 bridgehead atoms. The van der Waals surface area contributed by atoms with E-state index in [0.717, 1.165) is 44.8 Å². The molecule has 0 N–H and O–H groups in total. The van der Waals surface area contributed by atoms with Gasteiger partial charge in [-0.1, -0.05) is 187 Å². The molecule has 0 saturated carbocycles. The largest absolute Gasteiger partial charge is 0.488 e. The van der Waals surface area contributed by atoms with Crippen molar-refractivity contribution in [2.45, 2.75) is 78.2 Å². The Hall–Kier alpha value is -8.40. The summed E-state index contributed by atoms with van der Waals surface area (Å²) in [6.45, 7) is 19.6. The van der Waals surface area contributed by atoms with E-state index in [1.54, 1.807) is 0 Å². The summed E-state index contributed by atoms with van der Waals surface area (Å²) in [5, 5.41) is 2.33. The predicted octanol–water partition coefficient (Wildman–Crippen LogP) is 19.5. The van der Waals surface area contributed by atoms with Gasteiger partial charge in [-0.05, 0) is 151 Å². The van der Waals surface area contributed by atoms with Crippen molar-refractivity contribution in [3.63, 3.8) is 0 Å². The summed E-state index contributed by atoms with van der Waals surface area (Å²) < 4.78 is 13.6. The minimum Gasteiger partial charge on any atom is -0.488 e. The number of ether oxygens (including phenoxy) is 1. The van der Waals surface area contributed by atoms with Crippen LogP contribution in [0.3, 0.4) is 0 Å². The van der Waals surface area contributed by atoms with Crippen molar-refractivity contribution in [2.24, 2.45) is 0 Å². The summed E-state index contributed by atoms with van der Waals surface area (Å²) in [4.78, 5) is 2.52. The van der Waals surface area contributed by atoms with Gasteiger partial charge in [-0.2, -0.15) is 0 Å². The molecule has 362 valence electrons. The van der Waals surface area contributed by atoms with E-state index in [-0.39, 0.29) is 16.2 Å². The molecular weight excluding hydrogens is 911 g/mol. The maximum Gasteiger partial charge on any atom is 0.143 e. The first kappa shape index (κ1) is 44.1. The van der Waals surface area contributed by atoms with Crippen LogP contribution in [0.5, 0.6) is 5.75 Å². The lowest BCUT2D eigenvalue weighted by Gasteiger charge is -2.34. The fraction of sp³-hybridized carbons (Fsp3) is 0.167. The zero-order chi connectivity index (χ0) is 50.9. The van der Waals surface area contributed by atoms with E-state index in [2.05, 4.69) is 248 Å². The Morgan fingerprint density at radius 1 is 0.427 bits per heavy atom. The van der Waals surface area contributed by atoms with Crippen molar-refractivity contribution >= 4 is 39.0 Å². The van der Waals surface area contributed by atoms with Crippen LogP contribution < -0.4 is 9.64 Å². The SMILES string of the molecule is Cc1ccc(N(c2ccc3c(c2)C(C)(C)c2cc(-c4ccc(-c5ccccc5)cc4)c4oc5ccccc5c4c2-3)c2ccc3c(c2)C(C)(C)c2c-3c3c(c4c2C(C)(C)c2ccccc2-4)-c2ccccc2OC3)c(C)c1. The van der Waals surface area contributed by atoms with Gasteiger partial charge in [-0.25, -0.2) is 0 Å². The van der Waals surface area contributed by atoms with Crippen molar-refractivity contribution in [3.05, 3.63) is 238 Å². The third-order valence-corrected chi connectivity index (χ3v) is 17.9. The highest BCUT2D eigenvalue weighted by molar-refractivity contribution is 6.19. The van der Waals surface area contributed by atoms with Crippen molar-refractivity contribution < 1.29 is 9.15 Å². The van der Waals surface area contributed by atoms with Crippen molar-refractivity contribution in [1.82, 2.24) is 0 Å². The van der Waals surface area contributed by atoms with Crippen LogP contribution in [0.25, 0.3) is 88.7 Å². The summed E-state index contributed by atoms with van der Waals surface area (Å²) in [5.41, 5.74) is 31.6. The van der Waals surface area contributed by atoms with Gasteiger partial charge in [0.1, 0.15) is 23.5 Å². The van der Waals surface area contributed by atoms with E-state index < -0.39 is 0 Å². The number of para-hydroxylation sites is 2. The lowest BCUT2D eigenvalue weighted by Crippen LogP contribution is -2.25. The Kier molecular flexibility index (Phi) is 9.02. The van der Waals surface area contributed by atoms with Crippen LogP contribution in [0.15, 0.2) is 192 Å².